The van der Waals surface area contributed by atoms with Gasteiger partial charge in [0, 0.05) is 17.1 Å². The molecule has 0 atom stereocenters. The van der Waals surface area contributed by atoms with Crippen molar-refractivity contribution in [3.63, 3.8) is 0 Å². The van der Waals surface area contributed by atoms with E-state index in [1.165, 1.54) is 19.4 Å². The highest BCUT2D eigenvalue weighted by molar-refractivity contribution is 7.10. The fraction of sp³-hybridized carbons (Fsp3) is 0.286. The Labute approximate surface area is 120 Å². The molecular weight excluding hydrogens is 276 g/mol. The first-order valence-electron chi connectivity index (χ1n) is 6.07. The van der Waals surface area contributed by atoms with E-state index in [9.17, 15) is 9.59 Å². The van der Waals surface area contributed by atoms with Crippen LogP contribution in [0.5, 0.6) is 5.75 Å². The average Bonchev–Trinajstić information content (AvgIpc) is 2.92. The molecule has 2 N–H and O–H groups in total. The lowest BCUT2D eigenvalue weighted by Gasteiger charge is -2.25. The summed E-state index contributed by atoms with van der Waals surface area (Å²) in [6, 6.07) is 5.13. The molecule has 106 valence electrons. The van der Waals surface area contributed by atoms with Crippen molar-refractivity contribution in [2.75, 3.05) is 7.11 Å². The number of carbonyl (C=O) groups excluding carboxylic acids is 1. The minimum atomic E-state index is -0.498. The molecule has 0 aliphatic carbocycles. The largest absolute Gasteiger partial charge is 0.491 e. The second kappa shape index (κ2) is 5.50. The smallest absolute Gasteiger partial charge is 0.268 e. The third kappa shape index (κ3) is 2.91. The van der Waals surface area contributed by atoms with Crippen molar-refractivity contribution in [3.05, 3.63) is 50.6 Å². The number of rotatable bonds is 4. The summed E-state index contributed by atoms with van der Waals surface area (Å²) in [6.45, 7) is 3.83. The number of hydrogen-bond donors (Lipinski definition) is 2. The predicted molar refractivity (Wildman–Crippen MR) is 78.4 cm³/mol. The maximum atomic E-state index is 12.2. The van der Waals surface area contributed by atoms with E-state index in [1.54, 1.807) is 11.3 Å². The maximum absolute atomic E-state index is 12.2. The number of nitrogens with one attached hydrogen (secondary N) is 2. The summed E-state index contributed by atoms with van der Waals surface area (Å²) in [5, 5.41) is 4.86. The quantitative estimate of drug-likeness (QED) is 0.906. The van der Waals surface area contributed by atoms with Crippen molar-refractivity contribution in [2.24, 2.45) is 0 Å². The van der Waals surface area contributed by atoms with Crippen molar-refractivity contribution in [1.29, 1.82) is 0 Å². The third-order valence-corrected chi connectivity index (χ3v) is 4.10. The van der Waals surface area contributed by atoms with Crippen LogP contribution in [0.4, 0.5) is 0 Å². The Morgan fingerprint density at radius 2 is 2.20 bits per heavy atom. The molecule has 2 aromatic rings. The van der Waals surface area contributed by atoms with Gasteiger partial charge in [0.2, 0.25) is 5.43 Å². The topological polar surface area (TPSA) is 71.2 Å². The molecular formula is C14H16N2O3S. The summed E-state index contributed by atoms with van der Waals surface area (Å²) < 4.78 is 4.87. The number of amides is 1. The van der Waals surface area contributed by atoms with Gasteiger partial charge in [-0.25, -0.2) is 0 Å². The van der Waals surface area contributed by atoms with Crippen LogP contribution in [0.1, 0.15) is 29.2 Å². The first-order chi connectivity index (χ1) is 9.44. The first-order valence-corrected chi connectivity index (χ1v) is 6.95. The van der Waals surface area contributed by atoms with E-state index in [-0.39, 0.29) is 22.8 Å². The highest BCUT2D eigenvalue weighted by atomic mass is 32.1. The highest BCUT2D eigenvalue weighted by Gasteiger charge is 2.24. The zero-order valence-electron chi connectivity index (χ0n) is 11.5. The van der Waals surface area contributed by atoms with E-state index in [2.05, 4.69) is 10.3 Å². The van der Waals surface area contributed by atoms with Crippen LogP contribution in [-0.4, -0.2) is 18.0 Å². The molecule has 2 rings (SSSR count). The lowest BCUT2D eigenvalue weighted by molar-refractivity contribution is 0.0908. The van der Waals surface area contributed by atoms with Crippen LogP contribution in [0.3, 0.4) is 0 Å². The molecule has 6 heteroatoms. The molecule has 0 spiro atoms. The second-order valence-electron chi connectivity index (χ2n) is 4.84. The van der Waals surface area contributed by atoms with Crippen LogP contribution in [0.2, 0.25) is 0 Å². The lowest BCUT2D eigenvalue weighted by Crippen LogP contribution is -2.41. The van der Waals surface area contributed by atoms with Crippen molar-refractivity contribution in [3.8, 4) is 5.75 Å². The molecule has 20 heavy (non-hydrogen) atoms. The van der Waals surface area contributed by atoms with E-state index >= 15 is 0 Å². The Balaban J connectivity index is 2.20. The van der Waals surface area contributed by atoms with Gasteiger partial charge in [0.25, 0.3) is 5.91 Å². The number of carbonyl (C=O) groups is 1. The standard InChI is InChI=1S/C14H16N2O3S/c1-14(2,12-5-4-6-20-12)16-13(18)9-7-10(17)11(19-3)8-15-9/h4-8H,1-3H3,(H,15,17)(H,16,18). The van der Waals surface area contributed by atoms with Crippen molar-refractivity contribution in [1.82, 2.24) is 10.3 Å². The molecule has 0 aliphatic heterocycles. The van der Waals surface area contributed by atoms with E-state index in [4.69, 9.17) is 4.74 Å². The highest BCUT2D eigenvalue weighted by Crippen LogP contribution is 2.24. The van der Waals surface area contributed by atoms with E-state index in [1.807, 2.05) is 31.4 Å². The third-order valence-electron chi connectivity index (χ3n) is 2.90. The molecule has 0 aliphatic rings. The molecule has 0 fully saturated rings. The van der Waals surface area contributed by atoms with Crippen LogP contribution in [0, 0.1) is 0 Å². The number of ether oxygens (including phenoxy) is 1. The van der Waals surface area contributed by atoms with Gasteiger partial charge in [-0.1, -0.05) is 6.07 Å². The van der Waals surface area contributed by atoms with Gasteiger partial charge in [-0.15, -0.1) is 11.3 Å². The first kappa shape index (κ1) is 14.3. The molecule has 0 saturated carbocycles. The van der Waals surface area contributed by atoms with Crippen LogP contribution in [0.15, 0.2) is 34.6 Å². The normalized spacial score (nSPS) is 11.2. The van der Waals surface area contributed by atoms with Crippen LogP contribution < -0.4 is 15.5 Å². The summed E-state index contributed by atoms with van der Waals surface area (Å²) in [5.41, 5.74) is -0.618. The lowest BCUT2D eigenvalue weighted by atomic mass is 10.0. The number of methoxy groups -OCH3 is 1. The fourth-order valence-corrected chi connectivity index (χ4v) is 2.60. The Morgan fingerprint density at radius 1 is 1.45 bits per heavy atom. The Kier molecular flexibility index (Phi) is 3.94. The van der Waals surface area contributed by atoms with E-state index < -0.39 is 5.54 Å². The van der Waals surface area contributed by atoms with Gasteiger partial charge in [-0.3, -0.25) is 9.59 Å². The summed E-state index contributed by atoms with van der Waals surface area (Å²) in [6.07, 6.45) is 1.38. The van der Waals surface area contributed by atoms with Gasteiger partial charge in [-0.05, 0) is 25.3 Å². The molecule has 2 aromatic heterocycles. The summed E-state index contributed by atoms with van der Waals surface area (Å²) in [4.78, 5) is 27.6. The monoisotopic (exact) mass is 292 g/mol. The fourth-order valence-electron chi connectivity index (χ4n) is 1.80. The van der Waals surface area contributed by atoms with Gasteiger partial charge in [0.15, 0.2) is 5.75 Å². The number of thiophene rings is 1. The molecule has 0 unspecified atom stereocenters. The van der Waals surface area contributed by atoms with Gasteiger partial charge >= 0.3 is 0 Å². The van der Waals surface area contributed by atoms with Crippen molar-refractivity contribution < 1.29 is 9.53 Å². The Bertz CT molecular complexity index is 659. The van der Waals surface area contributed by atoms with Crippen molar-refractivity contribution in [2.45, 2.75) is 19.4 Å². The Hall–Kier alpha value is -2.08. The van der Waals surface area contributed by atoms with Gasteiger partial charge < -0.3 is 15.0 Å². The SMILES string of the molecule is COc1c[nH]c(C(=O)NC(C)(C)c2cccs2)cc1=O. The number of aromatic amines is 1. The van der Waals surface area contributed by atoms with E-state index in [0.717, 1.165) is 4.88 Å². The number of H-pyrrole nitrogens is 1. The summed E-state index contributed by atoms with van der Waals surface area (Å²) in [5.74, 6) is -0.151. The van der Waals surface area contributed by atoms with Crippen LogP contribution in [-0.2, 0) is 5.54 Å². The molecule has 2 heterocycles. The molecule has 0 aromatic carbocycles. The minimum absolute atomic E-state index is 0.180. The summed E-state index contributed by atoms with van der Waals surface area (Å²) in [7, 11) is 1.41. The maximum Gasteiger partial charge on any atom is 0.268 e. The predicted octanol–water partition coefficient (Wildman–Crippen LogP) is 2.11. The van der Waals surface area contributed by atoms with Gasteiger partial charge in [0.1, 0.15) is 5.69 Å². The number of pyridine rings is 1. The van der Waals surface area contributed by atoms with Crippen molar-refractivity contribution >= 4 is 17.2 Å². The van der Waals surface area contributed by atoms with Gasteiger partial charge in [-0.2, -0.15) is 0 Å². The molecule has 1 amide bonds. The van der Waals surface area contributed by atoms with Crippen LogP contribution >= 0.6 is 11.3 Å². The zero-order chi connectivity index (χ0) is 14.8. The number of hydrogen-bond acceptors (Lipinski definition) is 4. The molecule has 5 nitrogen and oxygen atoms in total. The van der Waals surface area contributed by atoms with Crippen LogP contribution in [0.25, 0.3) is 0 Å². The molecule has 0 radical (unpaired) electrons. The number of aromatic nitrogens is 1. The second-order valence-corrected chi connectivity index (χ2v) is 5.78. The molecule has 0 bridgehead atoms. The Morgan fingerprint density at radius 3 is 2.75 bits per heavy atom. The average molecular weight is 292 g/mol. The van der Waals surface area contributed by atoms with Gasteiger partial charge in [0.05, 0.1) is 12.6 Å². The summed E-state index contributed by atoms with van der Waals surface area (Å²) >= 11 is 1.57. The van der Waals surface area contributed by atoms with E-state index in [0.29, 0.717) is 0 Å². The zero-order valence-corrected chi connectivity index (χ0v) is 12.3. The minimum Gasteiger partial charge on any atom is -0.491 e. The molecule has 0 saturated heterocycles.